The summed E-state index contributed by atoms with van der Waals surface area (Å²) in [6.07, 6.45) is 1.71. The third kappa shape index (κ3) is 2.86. The quantitative estimate of drug-likeness (QED) is 0.928. The van der Waals surface area contributed by atoms with Crippen LogP contribution in [0, 0.1) is 5.92 Å². The first-order valence-corrected chi connectivity index (χ1v) is 8.11. The van der Waals surface area contributed by atoms with Gasteiger partial charge in [-0.25, -0.2) is 13.2 Å². The number of aromatic carboxylic acids is 1. The van der Waals surface area contributed by atoms with Gasteiger partial charge in [-0.15, -0.1) is 0 Å². The monoisotopic (exact) mass is 297 g/mol. The van der Waals surface area contributed by atoms with Gasteiger partial charge in [-0.1, -0.05) is 6.92 Å². The standard InChI is InChI=1S/C14H19NO4S/c1-10-7-8-15(11(2)9-10)20(18,19)13-5-3-12(4-6-13)14(16)17/h3-6,10-11H,7-9H2,1-2H3,(H,16,17). The van der Waals surface area contributed by atoms with Crippen LogP contribution in [0.3, 0.4) is 0 Å². The maximum Gasteiger partial charge on any atom is 0.335 e. The Labute approximate surface area is 119 Å². The van der Waals surface area contributed by atoms with Gasteiger partial charge >= 0.3 is 5.97 Å². The van der Waals surface area contributed by atoms with E-state index in [1.807, 2.05) is 6.92 Å². The van der Waals surface area contributed by atoms with Crippen LogP contribution < -0.4 is 0 Å². The van der Waals surface area contributed by atoms with E-state index in [2.05, 4.69) is 6.92 Å². The first-order valence-electron chi connectivity index (χ1n) is 6.67. The Morgan fingerprint density at radius 1 is 1.25 bits per heavy atom. The van der Waals surface area contributed by atoms with Gasteiger partial charge in [-0.2, -0.15) is 4.31 Å². The molecule has 0 amide bonds. The summed E-state index contributed by atoms with van der Waals surface area (Å²) in [7, 11) is -3.54. The van der Waals surface area contributed by atoms with E-state index in [-0.39, 0.29) is 16.5 Å². The van der Waals surface area contributed by atoms with Crippen LogP contribution in [0.5, 0.6) is 0 Å². The molecule has 1 saturated heterocycles. The van der Waals surface area contributed by atoms with Gasteiger partial charge in [0.25, 0.3) is 0 Å². The summed E-state index contributed by atoms with van der Waals surface area (Å²) in [5, 5.41) is 8.84. The normalized spacial score (nSPS) is 24.5. The molecule has 0 saturated carbocycles. The summed E-state index contributed by atoms with van der Waals surface area (Å²) in [6.45, 7) is 4.56. The average molecular weight is 297 g/mol. The molecule has 1 aromatic rings. The Balaban J connectivity index is 2.28. The molecule has 1 aliphatic rings. The van der Waals surface area contributed by atoms with Crippen molar-refractivity contribution in [1.82, 2.24) is 4.31 Å². The number of nitrogens with zero attached hydrogens (tertiary/aromatic N) is 1. The molecule has 5 nitrogen and oxygen atoms in total. The molecule has 2 atom stereocenters. The molecule has 110 valence electrons. The zero-order valence-corrected chi connectivity index (χ0v) is 12.4. The lowest BCUT2D eigenvalue weighted by molar-refractivity contribution is 0.0696. The Morgan fingerprint density at radius 2 is 1.85 bits per heavy atom. The molecule has 0 aromatic heterocycles. The van der Waals surface area contributed by atoms with Crippen LogP contribution in [0.4, 0.5) is 0 Å². The number of sulfonamides is 1. The molecule has 1 aromatic carbocycles. The lowest BCUT2D eigenvalue weighted by atomic mass is 9.95. The predicted octanol–water partition coefficient (Wildman–Crippen LogP) is 2.19. The molecule has 1 heterocycles. The molecule has 2 rings (SSSR count). The average Bonchev–Trinajstić information content (AvgIpc) is 2.38. The van der Waals surface area contributed by atoms with Crippen molar-refractivity contribution in [2.75, 3.05) is 6.54 Å². The number of carbonyl (C=O) groups is 1. The molecule has 20 heavy (non-hydrogen) atoms. The number of hydrogen-bond donors (Lipinski definition) is 1. The molecule has 0 bridgehead atoms. The fraction of sp³-hybridized carbons (Fsp3) is 0.500. The van der Waals surface area contributed by atoms with Crippen molar-refractivity contribution in [3.63, 3.8) is 0 Å². The van der Waals surface area contributed by atoms with Gasteiger partial charge in [0, 0.05) is 12.6 Å². The lowest BCUT2D eigenvalue weighted by Gasteiger charge is -2.35. The van der Waals surface area contributed by atoms with E-state index < -0.39 is 16.0 Å². The smallest absolute Gasteiger partial charge is 0.335 e. The summed E-state index contributed by atoms with van der Waals surface area (Å²) in [4.78, 5) is 10.9. The van der Waals surface area contributed by atoms with Crippen molar-refractivity contribution in [3.8, 4) is 0 Å². The molecule has 0 radical (unpaired) electrons. The van der Waals surface area contributed by atoms with Gasteiger partial charge in [-0.05, 0) is 49.9 Å². The van der Waals surface area contributed by atoms with Crippen molar-refractivity contribution in [1.29, 1.82) is 0 Å². The fourth-order valence-corrected chi connectivity index (χ4v) is 4.30. The number of piperidine rings is 1. The summed E-state index contributed by atoms with van der Waals surface area (Å²) in [5.41, 5.74) is 0.0873. The van der Waals surface area contributed by atoms with E-state index in [0.717, 1.165) is 12.8 Å². The van der Waals surface area contributed by atoms with Crippen molar-refractivity contribution >= 4 is 16.0 Å². The van der Waals surface area contributed by atoms with Crippen LogP contribution in [0.15, 0.2) is 29.2 Å². The van der Waals surface area contributed by atoms with Crippen LogP contribution >= 0.6 is 0 Å². The zero-order chi connectivity index (χ0) is 14.9. The van der Waals surface area contributed by atoms with Gasteiger partial charge in [-0.3, -0.25) is 0 Å². The van der Waals surface area contributed by atoms with Gasteiger partial charge < -0.3 is 5.11 Å². The highest BCUT2D eigenvalue weighted by atomic mass is 32.2. The molecule has 0 aliphatic carbocycles. The van der Waals surface area contributed by atoms with Gasteiger partial charge in [0.1, 0.15) is 0 Å². The third-order valence-electron chi connectivity index (χ3n) is 3.79. The largest absolute Gasteiger partial charge is 0.478 e. The molecule has 1 N–H and O–H groups in total. The second-order valence-electron chi connectivity index (χ2n) is 5.42. The Bertz CT molecular complexity index is 594. The Morgan fingerprint density at radius 3 is 2.35 bits per heavy atom. The van der Waals surface area contributed by atoms with E-state index in [0.29, 0.717) is 12.5 Å². The van der Waals surface area contributed by atoms with Crippen molar-refractivity contribution in [2.45, 2.75) is 37.6 Å². The number of rotatable bonds is 3. The molecule has 0 spiro atoms. The topological polar surface area (TPSA) is 74.7 Å². The molecule has 1 aliphatic heterocycles. The molecular weight excluding hydrogens is 278 g/mol. The Kier molecular flexibility index (Phi) is 4.15. The number of carboxylic acids is 1. The number of carboxylic acid groups (broad SMARTS) is 1. The van der Waals surface area contributed by atoms with E-state index >= 15 is 0 Å². The van der Waals surface area contributed by atoms with Crippen LogP contribution in [0.25, 0.3) is 0 Å². The van der Waals surface area contributed by atoms with Crippen LogP contribution in [0.2, 0.25) is 0 Å². The summed E-state index contributed by atoms with van der Waals surface area (Å²) >= 11 is 0. The van der Waals surface area contributed by atoms with Gasteiger partial charge in [0.2, 0.25) is 10.0 Å². The minimum absolute atomic E-state index is 0.0251. The molecule has 2 unspecified atom stereocenters. The fourth-order valence-electron chi connectivity index (χ4n) is 2.65. The Hall–Kier alpha value is -1.40. The third-order valence-corrected chi connectivity index (χ3v) is 5.81. The highest BCUT2D eigenvalue weighted by Gasteiger charge is 2.33. The summed E-state index contributed by atoms with van der Waals surface area (Å²) in [5.74, 6) is -0.528. The highest BCUT2D eigenvalue weighted by molar-refractivity contribution is 7.89. The molecule has 1 fully saturated rings. The second kappa shape index (κ2) is 5.54. The van der Waals surface area contributed by atoms with Crippen LogP contribution in [-0.2, 0) is 10.0 Å². The number of hydrogen-bond acceptors (Lipinski definition) is 3. The zero-order valence-electron chi connectivity index (χ0n) is 11.6. The minimum Gasteiger partial charge on any atom is -0.478 e. The second-order valence-corrected chi connectivity index (χ2v) is 7.31. The van der Waals surface area contributed by atoms with Crippen molar-refractivity contribution in [3.05, 3.63) is 29.8 Å². The van der Waals surface area contributed by atoms with E-state index in [9.17, 15) is 13.2 Å². The van der Waals surface area contributed by atoms with E-state index in [1.54, 1.807) is 0 Å². The molecular formula is C14H19NO4S. The maximum absolute atomic E-state index is 12.6. The lowest BCUT2D eigenvalue weighted by Crippen LogP contribution is -2.44. The van der Waals surface area contributed by atoms with E-state index in [1.165, 1.54) is 28.6 Å². The first kappa shape index (κ1) is 15.0. The SMILES string of the molecule is CC1CCN(S(=O)(=O)c2ccc(C(=O)O)cc2)C(C)C1. The minimum atomic E-state index is -3.54. The predicted molar refractivity (Wildman–Crippen MR) is 75.2 cm³/mol. The summed E-state index contributed by atoms with van der Waals surface area (Å²) in [6, 6.07) is 5.36. The number of benzene rings is 1. The van der Waals surface area contributed by atoms with Gasteiger partial charge in [0.15, 0.2) is 0 Å². The van der Waals surface area contributed by atoms with E-state index in [4.69, 9.17) is 5.11 Å². The van der Waals surface area contributed by atoms with Crippen molar-refractivity contribution in [2.24, 2.45) is 5.92 Å². The summed E-state index contributed by atoms with van der Waals surface area (Å²) < 4.78 is 26.6. The van der Waals surface area contributed by atoms with Gasteiger partial charge in [0.05, 0.1) is 10.5 Å². The van der Waals surface area contributed by atoms with Crippen LogP contribution in [0.1, 0.15) is 37.0 Å². The van der Waals surface area contributed by atoms with Crippen molar-refractivity contribution < 1.29 is 18.3 Å². The van der Waals surface area contributed by atoms with Crippen LogP contribution in [-0.4, -0.2) is 36.4 Å². The highest BCUT2D eigenvalue weighted by Crippen LogP contribution is 2.28. The first-order chi connectivity index (χ1) is 9.32. The molecule has 6 heteroatoms. The maximum atomic E-state index is 12.6.